The molecule has 3 heterocycles. The summed E-state index contributed by atoms with van der Waals surface area (Å²) in [5.74, 6) is 0. The van der Waals surface area contributed by atoms with E-state index in [1.807, 2.05) is 116 Å². The molecular weight excluding hydrogens is 862 g/mol. The topological polar surface area (TPSA) is 67.9 Å². The largest absolute Gasteiger partial charge is 0.399 e. The SMILES string of the molecule is Clc1cc(-c2ccccc2)cc(-c2ccccn2)c1.Nc1ccccc1.c1ccc(-c2cc(-c3ccccn3)cc(N(c3ccccc3)c3cc(-c4ccccc4)cc(-c4ccccn4)c3)c2)cc1. The van der Waals surface area contributed by atoms with E-state index < -0.39 is 0 Å². The Hall–Kier alpha value is -8.90. The van der Waals surface area contributed by atoms with Gasteiger partial charge in [0.05, 0.1) is 17.1 Å². The van der Waals surface area contributed by atoms with Crippen molar-refractivity contribution >= 4 is 34.4 Å². The van der Waals surface area contributed by atoms with Crippen molar-refractivity contribution < 1.29 is 0 Å². The van der Waals surface area contributed by atoms with Crippen molar-refractivity contribution in [3.05, 3.63) is 284 Å². The van der Waals surface area contributed by atoms with E-state index >= 15 is 0 Å². The molecule has 11 rings (SSSR count). The molecule has 0 saturated heterocycles. The lowest BCUT2D eigenvalue weighted by molar-refractivity contribution is 1.27. The molecule has 8 aromatic carbocycles. The van der Waals surface area contributed by atoms with Gasteiger partial charge in [0.1, 0.15) is 0 Å². The molecule has 0 unspecified atom stereocenters. The standard InChI is InChI=1S/C40H29N3.C17H12ClN.C6H7N/c1-4-14-30(15-5-1)32-24-34(39-20-10-12-22-41-39)28-37(26-32)43(36-18-8-3-9-19-36)38-27-33(31-16-6-2-7-17-31)25-35(29-38)40-21-11-13-23-42-40;18-16-11-14(13-6-2-1-3-7-13)10-15(12-16)17-8-4-5-9-19-17;7-6-4-2-1-3-5-6/h1-29H;1-12H;1-5H,7H2. The highest BCUT2D eigenvalue weighted by Gasteiger charge is 2.18. The number of para-hydroxylation sites is 2. The summed E-state index contributed by atoms with van der Waals surface area (Å²) in [6, 6.07) is 88.8. The molecule has 11 aromatic rings. The molecular formula is C63H48ClN5. The van der Waals surface area contributed by atoms with Crippen LogP contribution in [0.2, 0.25) is 5.02 Å². The Morgan fingerprint density at radius 2 is 0.580 bits per heavy atom. The van der Waals surface area contributed by atoms with Crippen LogP contribution < -0.4 is 10.6 Å². The number of rotatable bonds is 9. The van der Waals surface area contributed by atoms with Gasteiger partial charge in [0.25, 0.3) is 0 Å². The molecule has 0 atom stereocenters. The molecule has 0 aliphatic heterocycles. The average molecular weight is 911 g/mol. The molecule has 0 bridgehead atoms. The van der Waals surface area contributed by atoms with Gasteiger partial charge in [0.15, 0.2) is 0 Å². The Morgan fingerprint density at radius 1 is 0.275 bits per heavy atom. The predicted octanol–water partition coefficient (Wildman–Crippen LogP) is 17.0. The summed E-state index contributed by atoms with van der Waals surface area (Å²) in [6.07, 6.45) is 5.49. The molecule has 2 N–H and O–H groups in total. The van der Waals surface area contributed by atoms with Gasteiger partial charge in [-0.25, -0.2) is 0 Å². The quantitative estimate of drug-likeness (QED) is 0.146. The van der Waals surface area contributed by atoms with E-state index in [1.54, 1.807) is 6.20 Å². The molecule has 0 spiro atoms. The van der Waals surface area contributed by atoms with Crippen LogP contribution >= 0.6 is 11.6 Å². The zero-order valence-corrected chi connectivity index (χ0v) is 38.6. The fourth-order valence-corrected chi connectivity index (χ4v) is 8.22. The lowest BCUT2D eigenvalue weighted by Gasteiger charge is -2.28. The van der Waals surface area contributed by atoms with Crippen LogP contribution in [0.4, 0.5) is 22.7 Å². The number of hydrogen-bond acceptors (Lipinski definition) is 5. The molecule has 0 fully saturated rings. The van der Waals surface area contributed by atoms with Gasteiger partial charge in [-0.05, 0) is 149 Å². The number of nitrogen functional groups attached to an aromatic ring is 1. The van der Waals surface area contributed by atoms with Gasteiger partial charge >= 0.3 is 0 Å². The Labute approximate surface area is 409 Å². The number of hydrogen-bond donors (Lipinski definition) is 1. The van der Waals surface area contributed by atoms with Crippen molar-refractivity contribution in [2.45, 2.75) is 0 Å². The van der Waals surface area contributed by atoms with Gasteiger partial charge in [-0.15, -0.1) is 0 Å². The van der Waals surface area contributed by atoms with Crippen molar-refractivity contribution in [1.82, 2.24) is 15.0 Å². The molecule has 5 nitrogen and oxygen atoms in total. The van der Waals surface area contributed by atoms with E-state index in [0.29, 0.717) is 0 Å². The minimum atomic E-state index is 0.724. The number of benzene rings is 8. The van der Waals surface area contributed by atoms with E-state index in [0.717, 1.165) is 94.9 Å². The second-order valence-electron chi connectivity index (χ2n) is 16.1. The highest BCUT2D eigenvalue weighted by Crippen LogP contribution is 2.42. The second-order valence-corrected chi connectivity index (χ2v) is 16.5. The lowest BCUT2D eigenvalue weighted by Crippen LogP contribution is -2.11. The van der Waals surface area contributed by atoms with Gasteiger partial charge in [0, 0.05) is 63.1 Å². The summed E-state index contributed by atoms with van der Waals surface area (Å²) in [7, 11) is 0. The first kappa shape index (κ1) is 45.3. The van der Waals surface area contributed by atoms with Crippen LogP contribution in [0.1, 0.15) is 0 Å². The van der Waals surface area contributed by atoms with Gasteiger partial charge in [-0.3, -0.25) is 15.0 Å². The molecule has 0 aliphatic rings. The second kappa shape index (κ2) is 22.5. The van der Waals surface area contributed by atoms with E-state index in [1.165, 1.54) is 0 Å². The van der Waals surface area contributed by atoms with Crippen LogP contribution in [0.5, 0.6) is 0 Å². The normalized spacial score (nSPS) is 10.4. The summed E-state index contributed by atoms with van der Waals surface area (Å²) in [4.78, 5) is 16.1. The van der Waals surface area contributed by atoms with Crippen LogP contribution in [0.25, 0.3) is 67.2 Å². The molecule has 0 amide bonds. The van der Waals surface area contributed by atoms with E-state index in [2.05, 4.69) is 168 Å². The third-order valence-corrected chi connectivity index (χ3v) is 11.5. The highest BCUT2D eigenvalue weighted by molar-refractivity contribution is 6.31. The molecule has 0 aliphatic carbocycles. The monoisotopic (exact) mass is 909 g/mol. The van der Waals surface area contributed by atoms with Crippen molar-refractivity contribution in [2.75, 3.05) is 10.6 Å². The Morgan fingerprint density at radius 3 is 0.928 bits per heavy atom. The Balaban J connectivity index is 0.000000186. The first-order chi connectivity index (χ1) is 34.0. The Bertz CT molecular complexity index is 3010. The van der Waals surface area contributed by atoms with Crippen molar-refractivity contribution in [3.63, 3.8) is 0 Å². The average Bonchev–Trinajstić information content (AvgIpc) is 3.43. The summed E-state index contributed by atoms with van der Waals surface area (Å²) < 4.78 is 0. The Kier molecular flexibility index (Phi) is 14.8. The van der Waals surface area contributed by atoms with Crippen molar-refractivity contribution in [1.29, 1.82) is 0 Å². The number of anilines is 4. The number of pyridine rings is 3. The van der Waals surface area contributed by atoms with E-state index in [9.17, 15) is 0 Å². The highest BCUT2D eigenvalue weighted by atomic mass is 35.5. The van der Waals surface area contributed by atoms with Crippen LogP contribution in [-0.2, 0) is 0 Å². The molecule has 0 radical (unpaired) electrons. The first-order valence-electron chi connectivity index (χ1n) is 22.7. The molecule has 6 heteroatoms. The lowest BCUT2D eigenvalue weighted by atomic mass is 9.97. The zero-order chi connectivity index (χ0) is 47.0. The maximum absolute atomic E-state index is 6.22. The van der Waals surface area contributed by atoms with Gasteiger partial charge in [-0.2, -0.15) is 0 Å². The van der Waals surface area contributed by atoms with Gasteiger partial charge in [-0.1, -0.05) is 157 Å². The fourth-order valence-electron chi connectivity index (χ4n) is 7.98. The molecule has 332 valence electrons. The third kappa shape index (κ3) is 11.9. The van der Waals surface area contributed by atoms with Gasteiger partial charge < -0.3 is 10.6 Å². The number of nitrogens with two attached hydrogens (primary N) is 1. The summed E-state index contributed by atoms with van der Waals surface area (Å²) >= 11 is 6.22. The number of aromatic nitrogens is 3. The van der Waals surface area contributed by atoms with Crippen molar-refractivity contribution in [2.24, 2.45) is 0 Å². The predicted molar refractivity (Wildman–Crippen MR) is 289 cm³/mol. The smallest absolute Gasteiger partial charge is 0.0702 e. The van der Waals surface area contributed by atoms with Crippen LogP contribution in [-0.4, -0.2) is 15.0 Å². The summed E-state index contributed by atoms with van der Waals surface area (Å²) in [5, 5.41) is 0.724. The molecule has 3 aromatic heterocycles. The summed E-state index contributed by atoms with van der Waals surface area (Å²) in [6.45, 7) is 0. The van der Waals surface area contributed by atoms with E-state index in [-0.39, 0.29) is 0 Å². The van der Waals surface area contributed by atoms with E-state index in [4.69, 9.17) is 27.3 Å². The van der Waals surface area contributed by atoms with Crippen LogP contribution in [0, 0.1) is 0 Å². The number of halogens is 1. The van der Waals surface area contributed by atoms with Gasteiger partial charge in [0.2, 0.25) is 0 Å². The molecule has 69 heavy (non-hydrogen) atoms. The van der Waals surface area contributed by atoms with Crippen LogP contribution in [0.3, 0.4) is 0 Å². The zero-order valence-electron chi connectivity index (χ0n) is 37.8. The third-order valence-electron chi connectivity index (χ3n) is 11.3. The molecule has 0 saturated carbocycles. The summed E-state index contributed by atoms with van der Waals surface area (Å²) in [5.41, 5.74) is 22.1. The van der Waals surface area contributed by atoms with Crippen LogP contribution in [0.15, 0.2) is 279 Å². The van der Waals surface area contributed by atoms with Crippen molar-refractivity contribution in [3.8, 4) is 67.2 Å². The fraction of sp³-hybridized carbons (Fsp3) is 0. The minimum absolute atomic E-state index is 0.724. The first-order valence-corrected chi connectivity index (χ1v) is 23.1. The number of nitrogens with zero attached hydrogens (tertiary/aromatic N) is 4. The minimum Gasteiger partial charge on any atom is -0.399 e. The maximum Gasteiger partial charge on any atom is 0.0702 e. The maximum atomic E-state index is 6.22.